The lowest BCUT2D eigenvalue weighted by Crippen LogP contribution is -2.17. The van der Waals surface area contributed by atoms with Crippen molar-refractivity contribution in [3.05, 3.63) is 84.0 Å². The van der Waals surface area contributed by atoms with Crippen LogP contribution in [-0.2, 0) is 6.42 Å². The molecule has 2 aromatic heterocycles. The number of benzene rings is 2. The lowest BCUT2D eigenvalue weighted by molar-refractivity contribution is 1.18. The molecule has 1 aliphatic rings. The van der Waals surface area contributed by atoms with E-state index in [0.717, 1.165) is 34.7 Å². The molecule has 0 amide bonds. The fraction of sp³-hybridized carbons (Fsp3) is 0.130. The Hall–Kier alpha value is -3.80. The summed E-state index contributed by atoms with van der Waals surface area (Å²) in [5, 5.41) is 3.43. The van der Waals surface area contributed by atoms with Crippen molar-refractivity contribution in [2.75, 3.05) is 11.9 Å². The third-order valence-electron chi connectivity index (χ3n) is 5.17. The molecule has 0 radical (unpaired) electrons. The van der Waals surface area contributed by atoms with E-state index in [4.69, 9.17) is 4.99 Å². The Kier molecular flexibility index (Phi) is 4.37. The van der Waals surface area contributed by atoms with Crippen LogP contribution in [0, 0.1) is 6.92 Å². The van der Waals surface area contributed by atoms with Crippen LogP contribution in [0.15, 0.2) is 72.3 Å². The minimum absolute atomic E-state index is 0.541. The van der Waals surface area contributed by atoms with Crippen LogP contribution in [0.25, 0.3) is 16.7 Å². The van der Waals surface area contributed by atoms with Crippen LogP contribution in [0.3, 0.4) is 0 Å². The first kappa shape index (κ1) is 17.3. The number of hydrogen-bond donors (Lipinski definition) is 2. The van der Waals surface area contributed by atoms with Gasteiger partial charge >= 0.3 is 0 Å². The molecule has 1 aliphatic heterocycles. The van der Waals surface area contributed by atoms with Crippen molar-refractivity contribution in [3.8, 4) is 0 Å². The summed E-state index contributed by atoms with van der Waals surface area (Å²) in [6.07, 6.45) is 6.28. The summed E-state index contributed by atoms with van der Waals surface area (Å²) in [6.45, 7) is 2.68. The summed E-state index contributed by atoms with van der Waals surface area (Å²) < 4.78 is 0. The summed E-state index contributed by atoms with van der Waals surface area (Å²) in [5.74, 6) is 0.719. The van der Waals surface area contributed by atoms with Gasteiger partial charge in [-0.05, 0) is 36.1 Å². The highest BCUT2D eigenvalue weighted by Crippen LogP contribution is 2.30. The molecular weight excluding hydrogens is 360 g/mol. The average molecular weight is 380 g/mol. The number of hydrogen-bond acceptors (Lipinski definition) is 5. The van der Waals surface area contributed by atoms with Crippen LogP contribution < -0.4 is 5.32 Å². The highest BCUT2D eigenvalue weighted by molar-refractivity contribution is 6.27. The van der Waals surface area contributed by atoms with Crippen molar-refractivity contribution < 1.29 is 0 Å². The summed E-state index contributed by atoms with van der Waals surface area (Å²) >= 11 is 0. The van der Waals surface area contributed by atoms with Crippen LogP contribution in [0.2, 0.25) is 0 Å². The number of nitrogens with zero attached hydrogens (tertiary/aromatic N) is 4. The van der Waals surface area contributed by atoms with E-state index in [2.05, 4.69) is 80.7 Å². The number of aromatic nitrogens is 4. The molecule has 0 spiro atoms. The number of aliphatic imine (C=N–C) groups is 1. The van der Waals surface area contributed by atoms with Crippen molar-refractivity contribution in [2.45, 2.75) is 13.3 Å². The summed E-state index contributed by atoms with van der Waals surface area (Å²) in [5.41, 5.74) is 8.25. The molecule has 4 aromatic rings. The van der Waals surface area contributed by atoms with Crippen molar-refractivity contribution in [1.82, 2.24) is 19.9 Å². The summed E-state index contributed by atoms with van der Waals surface area (Å²) in [4.78, 5) is 20.9. The molecule has 0 saturated heterocycles. The van der Waals surface area contributed by atoms with E-state index in [-0.39, 0.29) is 0 Å². The molecule has 0 bridgehead atoms. The fourth-order valence-corrected chi connectivity index (χ4v) is 3.67. The molecule has 2 N–H and O–H groups in total. The number of para-hydroxylation sites is 1. The Morgan fingerprint density at radius 2 is 1.86 bits per heavy atom. The van der Waals surface area contributed by atoms with Gasteiger partial charge < -0.3 is 10.3 Å². The fourth-order valence-electron chi connectivity index (χ4n) is 3.67. The Morgan fingerprint density at radius 3 is 2.79 bits per heavy atom. The molecular formula is C23H20N6. The lowest BCUT2D eigenvalue weighted by atomic mass is 9.95. The maximum absolute atomic E-state index is 5.04. The first-order chi connectivity index (χ1) is 14.3. The van der Waals surface area contributed by atoms with Crippen molar-refractivity contribution in [3.63, 3.8) is 0 Å². The number of nitrogens with one attached hydrogen (secondary N) is 2. The van der Waals surface area contributed by atoms with E-state index in [0.29, 0.717) is 12.2 Å². The Bertz CT molecular complexity index is 1250. The molecule has 0 aliphatic carbocycles. The Balaban J connectivity index is 1.55. The van der Waals surface area contributed by atoms with Gasteiger partial charge in [0.1, 0.15) is 11.8 Å². The largest absolute Gasteiger partial charge is 0.362 e. The van der Waals surface area contributed by atoms with Gasteiger partial charge in [-0.3, -0.25) is 4.99 Å². The smallest absolute Gasteiger partial charge is 0.182 e. The van der Waals surface area contributed by atoms with Gasteiger partial charge in [0.15, 0.2) is 11.5 Å². The van der Waals surface area contributed by atoms with Gasteiger partial charge in [-0.15, -0.1) is 0 Å². The number of H-pyrrole nitrogens is 1. The van der Waals surface area contributed by atoms with E-state index >= 15 is 0 Å². The zero-order valence-electron chi connectivity index (χ0n) is 16.1. The molecule has 5 rings (SSSR count). The van der Waals surface area contributed by atoms with Crippen LogP contribution in [0.1, 0.15) is 16.7 Å². The highest BCUT2D eigenvalue weighted by atomic mass is 15.1. The second-order valence-corrected chi connectivity index (χ2v) is 7.00. The van der Waals surface area contributed by atoms with Gasteiger partial charge in [-0.25, -0.2) is 15.0 Å². The minimum Gasteiger partial charge on any atom is -0.362 e. The molecule has 0 saturated carbocycles. The Morgan fingerprint density at radius 1 is 1.00 bits per heavy atom. The number of allylic oxidation sites excluding steroid dienone is 1. The van der Waals surface area contributed by atoms with Crippen LogP contribution >= 0.6 is 0 Å². The van der Waals surface area contributed by atoms with Crippen LogP contribution in [0.4, 0.5) is 11.5 Å². The van der Waals surface area contributed by atoms with Gasteiger partial charge in [0.05, 0.1) is 24.3 Å². The molecule has 0 atom stereocenters. The van der Waals surface area contributed by atoms with Crippen LogP contribution in [-0.4, -0.2) is 32.2 Å². The molecule has 2 aromatic carbocycles. The topological polar surface area (TPSA) is 78.8 Å². The number of fused-ring (bicyclic) bond motifs is 2. The molecule has 29 heavy (non-hydrogen) atoms. The first-order valence-electron chi connectivity index (χ1n) is 9.59. The monoisotopic (exact) mass is 380 g/mol. The molecule has 3 heterocycles. The average Bonchev–Trinajstić information content (AvgIpc) is 3.15. The third kappa shape index (κ3) is 3.29. The number of aryl methyl sites for hydroxylation is 1. The quantitative estimate of drug-likeness (QED) is 0.547. The van der Waals surface area contributed by atoms with Crippen molar-refractivity contribution in [1.29, 1.82) is 0 Å². The van der Waals surface area contributed by atoms with Crippen molar-refractivity contribution in [2.24, 2.45) is 4.99 Å². The van der Waals surface area contributed by atoms with E-state index in [1.165, 1.54) is 23.0 Å². The normalized spacial score (nSPS) is 13.4. The zero-order chi connectivity index (χ0) is 19.6. The standard InChI is InChI=1S/C23H20N6/c1-15-6-2-4-8-17(15)18-11-10-16-7-3-5-9-19(16)29-20(18)12-24-22-21-23(26-13-25-21)28-14-27-22/h2-9,11,13-14H,10,12H2,1H3,(H2,24,25,26,27,28). The van der Waals surface area contributed by atoms with E-state index in [9.17, 15) is 0 Å². The van der Waals surface area contributed by atoms with E-state index in [1.54, 1.807) is 6.33 Å². The summed E-state index contributed by atoms with van der Waals surface area (Å²) in [6, 6.07) is 16.7. The number of imidazole rings is 1. The van der Waals surface area contributed by atoms with Gasteiger partial charge in [0, 0.05) is 5.57 Å². The SMILES string of the molecule is Cc1ccccc1C1=CCc2ccccc2N=C1CNc1ncnc2nc[nH]c12. The van der Waals surface area contributed by atoms with E-state index in [1.807, 2.05) is 6.07 Å². The van der Waals surface area contributed by atoms with Crippen LogP contribution in [0.5, 0.6) is 0 Å². The first-order valence-corrected chi connectivity index (χ1v) is 9.59. The van der Waals surface area contributed by atoms with E-state index < -0.39 is 0 Å². The lowest BCUT2D eigenvalue weighted by Gasteiger charge is -2.14. The molecule has 6 nitrogen and oxygen atoms in total. The highest BCUT2D eigenvalue weighted by Gasteiger charge is 2.17. The number of anilines is 1. The summed E-state index contributed by atoms with van der Waals surface area (Å²) in [7, 11) is 0. The second-order valence-electron chi connectivity index (χ2n) is 7.00. The predicted octanol–water partition coefficient (Wildman–Crippen LogP) is 4.49. The molecule has 0 unspecified atom stereocenters. The Labute approximate surface area is 168 Å². The second kappa shape index (κ2) is 7.31. The minimum atomic E-state index is 0.541. The third-order valence-corrected chi connectivity index (χ3v) is 5.17. The molecule has 6 heteroatoms. The number of aromatic amines is 1. The predicted molar refractivity (Wildman–Crippen MR) is 117 cm³/mol. The van der Waals surface area contributed by atoms with Gasteiger partial charge in [0.2, 0.25) is 0 Å². The van der Waals surface area contributed by atoms with Gasteiger partial charge in [0.25, 0.3) is 0 Å². The van der Waals surface area contributed by atoms with Gasteiger partial charge in [-0.1, -0.05) is 48.5 Å². The number of rotatable bonds is 4. The zero-order valence-corrected chi connectivity index (χ0v) is 16.1. The van der Waals surface area contributed by atoms with Crippen molar-refractivity contribution >= 4 is 34.0 Å². The van der Waals surface area contributed by atoms with Gasteiger partial charge in [-0.2, -0.15) is 0 Å². The maximum Gasteiger partial charge on any atom is 0.182 e. The molecule has 142 valence electrons. The maximum atomic E-state index is 5.04. The molecule has 0 fully saturated rings.